The normalized spacial score (nSPS) is 41.2. The summed E-state index contributed by atoms with van der Waals surface area (Å²) in [6.07, 6.45) is 3.09. The third kappa shape index (κ3) is 2.80. The first-order valence-electron chi connectivity index (χ1n) is 4.61. The minimum absolute atomic E-state index is 0.0699. The largest absolute Gasteiger partial charge is 0.393 e. The zero-order valence-corrected chi connectivity index (χ0v) is 7.51. The summed E-state index contributed by atoms with van der Waals surface area (Å²) < 4.78 is 0. The van der Waals surface area contributed by atoms with Crippen molar-refractivity contribution in [3.05, 3.63) is 0 Å². The number of aliphatic hydroxyl groups excluding tert-OH is 1. The van der Waals surface area contributed by atoms with Crippen molar-refractivity contribution in [1.29, 1.82) is 0 Å². The molecule has 2 nitrogen and oxygen atoms in total. The molecule has 3 atom stereocenters. The minimum Gasteiger partial charge on any atom is -0.393 e. The summed E-state index contributed by atoms with van der Waals surface area (Å²) >= 11 is 0. The molecule has 1 aliphatic heterocycles. The lowest BCUT2D eigenvalue weighted by Crippen LogP contribution is -2.34. The first-order chi connectivity index (χ1) is 5.20. The molecular formula is C9H19NO. The van der Waals surface area contributed by atoms with Crippen LogP contribution in [-0.2, 0) is 0 Å². The Morgan fingerprint density at radius 2 is 1.91 bits per heavy atom. The average molecular weight is 157 g/mol. The quantitative estimate of drug-likeness (QED) is 0.553. The maximum absolute atomic E-state index is 9.57. The third-order valence-corrected chi connectivity index (χ3v) is 2.64. The Morgan fingerprint density at radius 1 is 1.18 bits per heavy atom. The molecule has 0 radical (unpaired) electrons. The Balaban J connectivity index is 2.34. The average Bonchev–Trinajstić information content (AvgIpc) is 1.98. The third-order valence-electron chi connectivity index (χ3n) is 2.64. The van der Waals surface area contributed by atoms with Gasteiger partial charge in [0.1, 0.15) is 0 Å². The smallest absolute Gasteiger partial charge is 0.0566 e. The van der Waals surface area contributed by atoms with Crippen molar-refractivity contribution in [3.8, 4) is 0 Å². The van der Waals surface area contributed by atoms with Gasteiger partial charge in [0, 0.05) is 6.04 Å². The van der Waals surface area contributed by atoms with Crippen LogP contribution in [-0.4, -0.2) is 23.8 Å². The molecule has 1 aliphatic rings. The van der Waals surface area contributed by atoms with Crippen molar-refractivity contribution >= 4 is 0 Å². The lowest BCUT2D eigenvalue weighted by atomic mass is 9.93. The first-order valence-corrected chi connectivity index (χ1v) is 4.61. The molecule has 11 heavy (non-hydrogen) atoms. The van der Waals surface area contributed by atoms with Gasteiger partial charge in [-0.3, -0.25) is 0 Å². The maximum atomic E-state index is 9.57. The molecule has 0 spiro atoms. The zero-order chi connectivity index (χ0) is 8.27. The van der Waals surface area contributed by atoms with Gasteiger partial charge < -0.3 is 10.4 Å². The van der Waals surface area contributed by atoms with Crippen LogP contribution in [0.2, 0.25) is 0 Å². The molecule has 0 aromatic rings. The van der Waals surface area contributed by atoms with E-state index in [1.54, 1.807) is 0 Å². The van der Waals surface area contributed by atoms with E-state index in [-0.39, 0.29) is 6.10 Å². The molecule has 2 N–H and O–H groups in total. The van der Waals surface area contributed by atoms with Crippen LogP contribution in [0, 0.1) is 5.92 Å². The summed E-state index contributed by atoms with van der Waals surface area (Å²) in [4.78, 5) is 0. The molecule has 2 heteroatoms. The Bertz CT molecular complexity index is 116. The van der Waals surface area contributed by atoms with Crippen LogP contribution in [0.5, 0.6) is 0 Å². The van der Waals surface area contributed by atoms with Gasteiger partial charge in [0.15, 0.2) is 0 Å². The maximum Gasteiger partial charge on any atom is 0.0566 e. The SMILES string of the molecule is CC1CCC(O)[C@@H](C)CCN1. The number of rotatable bonds is 0. The van der Waals surface area contributed by atoms with Gasteiger partial charge in [-0.05, 0) is 38.6 Å². The molecule has 1 fully saturated rings. The van der Waals surface area contributed by atoms with Gasteiger partial charge in [0.05, 0.1) is 6.10 Å². The molecule has 0 aromatic carbocycles. The van der Waals surface area contributed by atoms with Crippen LogP contribution in [0.3, 0.4) is 0 Å². The minimum atomic E-state index is -0.0699. The molecule has 0 amide bonds. The molecule has 1 heterocycles. The van der Waals surface area contributed by atoms with Crippen molar-refractivity contribution < 1.29 is 5.11 Å². The summed E-state index contributed by atoms with van der Waals surface area (Å²) in [5.41, 5.74) is 0. The second-order valence-corrected chi connectivity index (χ2v) is 3.77. The highest BCUT2D eigenvalue weighted by atomic mass is 16.3. The van der Waals surface area contributed by atoms with E-state index in [4.69, 9.17) is 0 Å². The lowest BCUT2D eigenvalue weighted by molar-refractivity contribution is 0.0904. The fourth-order valence-corrected chi connectivity index (χ4v) is 1.56. The molecule has 1 saturated heterocycles. The topological polar surface area (TPSA) is 32.3 Å². The van der Waals surface area contributed by atoms with E-state index < -0.39 is 0 Å². The highest BCUT2D eigenvalue weighted by Crippen LogP contribution is 2.16. The van der Waals surface area contributed by atoms with Crippen LogP contribution in [0.1, 0.15) is 33.1 Å². The van der Waals surface area contributed by atoms with Crippen LogP contribution in [0.15, 0.2) is 0 Å². The molecule has 1 rings (SSSR count). The Kier molecular flexibility index (Phi) is 3.34. The molecule has 0 bridgehead atoms. The van der Waals surface area contributed by atoms with Crippen LogP contribution in [0.4, 0.5) is 0 Å². The molecule has 0 aliphatic carbocycles. The first kappa shape index (κ1) is 9.01. The summed E-state index contributed by atoms with van der Waals surface area (Å²) in [6, 6.07) is 0.581. The second-order valence-electron chi connectivity index (χ2n) is 3.77. The van der Waals surface area contributed by atoms with Crippen molar-refractivity contribution in [1.82, 2.24) is 5.32 Å². The number of hydrogen-bond acceptors (Lipinski definition) is 2. The van der Waals surface area contributed by atoms with E-state index >= 15 is 0 Å². The van der Waals surface area contributed by atoms with Gasteiger partial charge in [-0.15, -0.1) is 0 Å². The molecule has 0 aromatic heterocycles. The van der Waals surface area contributed by atoms with Gasteiger partial charge in [0.2, 0.25) is 0 Å². The predicted molar refractivity (Wildman–Crippen MR) is 46.5 cm³/mol. The summed E-state index contributed by atoms with van der Waals surface area (Å²) in [5, 5.41) is 13.0. The van der Waals surface area contributed by atoms with Crippen molar-refractivity contribution in [2.24, 2.45) is 5.92 Å². The summed E-state index contributed by atoms with van der Waals surface area (Å²) in [5.74, 6) is 0.468. The molecule has 66 valence electrons. The van der Waals surface area contributed by atoms with Crippen molar-refractivity contribution in [2.45, 2.75) is 45.3 Å². The number of nitrogens with one attached hydrogen (secondary N) is 1. The fraction of sp³-hybridized carbons (Fsp3) is 1.00. The van der Waals surface area contributed by atoms with Gasteiger partial charge in [-0.2, -0.15) is 0 Å². The van der Waals surface area contributed by atoms with E-state index in [1.165, 1.54) is 0 Å². The number of aliphatic hydroxyl groups is 1. The van der Waals surface area contributed by atoms with Crippen molar-refractivity contribution in [3.63, 3.8) is 0 Å². The van der Waals surface area contributed by atoms with Gasteiger partial charge >= 0.3 is 0 Å². The standard InChI is InChI=1S/C9H19NO/c1-7-5-6-10-8(2)3-4-9(7)11/h7-11H,3-6H2,1-2H3/t7-,8?,9?/m0/s1. The van der Waals surface area contributed by atoms with E-state index in [1.807, 2.05) is 0 Å². The molecule has 0 saturated carbocycles. The molecule has 2 unspecified atom stereocenters. The number of hydrogen-bond donors (Lipinski definition) is 2. The van der Waals surface area contributed by atoms with Crippen LogP contribution in [0.25, 0.3) is 0 Å². The Hall–Kier alpha value is -0.0800. The Morgan fingerprint density at radius 3 is 2.64 bits per heavy atom. The van der Waals surface area contributed by atoms with Crippen LogP contribution >= 0.6 is 0 Å². The van der Waals surface area contributed by atoms with Crippen molar-refractivity contribution in [2.75, 3.05) is 6.54 Å². The van der Waals surface area contributed by atoms with E-state index in [9.17, 15) is 5.11 Å². The van der Waals surface area contributed by atoms with Crippen LogP contribution < -0.4 is 5.32 Å². The van der Waals surface area contributed by atoms with E-state index in [0.717, 1.165) is 25.8 Å². The predicted octanol–water partition coefficient (Wildman–Crippen LogP) is 1.15. The molecular weight excluding hydrogens is 138 g/mol. The van der Waals surface area contributed by atoms with Gasteiger partial charge in [-0.25, -0.2) is 0 Å². The van der Waals surface area contributed by atoms with Gasteiger partial charge in [-0.1, -0.05) is 6.92 Å². The lowest BCUT2D eigenvalue weighted by Gasteiger charge is -2.25. The Labute approximate surface area is 69.0 Å². The second kappa shape index (κ2) is 4.07. The summed E-state index contributed by atoms with van der Waals surface area (Å²) in [7, 11) is 0. The van der Waals surface area contributed by atoms with Gasteiger partial charge in [0.25, 0.3) is 0 Å². The van der Waals surface area contributed by atoms with E-state index in [0.29, 0.717) is 12.0 Å². The highest BCUT2D eigenvalue weighted by molar-refractivity contribution is 4.73. The fourth-order valence-electron chi connectivity index (χ4n) is 1.56. The monoisotopic (exact) mass is 157 g/mol. The highest BCUT2D eigenvalue weighted by Gasteiger charge is 2.17. The zero-order valence-electron chi connectivity index (χ0n) is 7.51. The summed E-state index contributed by atoms with van der Waals surface area (Å²) in [6.45, 7) is 5.37. The van der Waals surface area contributed by atoms with E-state index in [2.05, 4.69) is 19.2 Å².